The van der Waals surface area contributed by atoms with Gasteiger partial charge in [-0.2, -0.15) is 13.2 Å². The fourth-order valence-corrected chi connectivity index (χ4v) is 6.28. The maximum Gasteiger partial charge on any atom is 0.451 e. The van der Waals surface area contributed by atoms with Crippen molar-refractivity contribution in [1.82, 2.24) is 25.6 Å². The summed E-state index contributed by atoms with van der Waals surface area (Å²) in [6.07, 6.45) is 2.49. The molecule has 0 spiro atoms. The molecule has 7 nitrogen and oxygen atoms in total. The van der Waals surface area contributed by atoms with Crippen LogP contribution in [0.5, 0.6) is 0 Å². The van der Waals surface area contributed by atoms with Crippen molar-refractivity contribution >= 4 is 11.8 Å². The van der Waals surface area contributed by atoms with Crippen molar-refractivity contribution in [3.05, 3.63) is 53.9 Å². The molecule has 0 saturated heterocycles. The van der Waals surface area contributed by atoms with Crippen LogP contribution in [0.4, 0.5) is 13.2 Å². The summed E-state index contributed by atoms with van der Waals surface area (Å²) < 4.78 is 38.9. The molecule has 32 heavy (non-hydrogen) atoms. The average Bonchev–Trinajstić information content (AvgIpc) is 2.72. The van der Waals surface area contributed by atoms with Crippen LogP contribution < -0.4 is 10.6 Å². The van der Waals surface area contributed by atoms with Gasteiger partial charge in [-0.25, -0.2) is 9.97 Å². The molecule has 2 aromatic rings. The molecule has 4 saturated carbocycles. The third kappa shape index (κ3) is 3.82. The van der Waals surface area contributed by atoms with Gasteiger partial charge in [-0.15, -0.1) is 0 Å². The van der Waals surface area contributed by atoms with Gasteiger partial charge >= 0.3 is 6.18 Å². The molecule has 10 heteroatoms. The van der Waals surface area contributed by atoms with Gasteiger partial charge in [-0.05, 0) is 68.6 Å². The number of amides is 2. The van der Waals surface area contributed by atoms with Gasteiger partial charge in [0.05, 0.1) is 0 Å². The van der Waals surface area contributed by atoms with Crippen LogP contribution in [0, 0.1) is 11.8 Å². The van der Waals surface area contributed by atoms with Crippen molar-refractivity contribution in [2.75, 3.05) is 0 Å². The van der Waals surface area contributed by atoms with Crippen LogP contribution in [0.3, 0.4) is 0 Å². The number of hydrogen-bond acceptors (Lipinski definition) is 5. The smallest absolute Gasteiger partial charge is 0.345 e. The van der Waals surface area contributed by atoms with Crippen LogP contribution in [0.2, 0.25) is 0 Å². The second kappa shape index (κ2) is 7.25. The molecule has 4 fully saturated rings. The Kier molecular flexibility index (Phi) is 4.72. The Bertz CT molecular complexity index is 1050. The zero-order valence-corrected chi connectivity index (χ0v) is 17.2. The molecule has 0 aromatic carbocycles. The molecular weight excluding hydrogens is 423 g/mol. The minimum absolute atomic E-state index is 0.250. The molecule has 2 N–H and O–H groups in total. The van der Waals surface area contributed by atoms with Crippen molar-refractivity contribution < 1.29 is 22.8 Å². The van der Waals surface area contributed by atoms with Gasteiger partial charge in [-0.3, -0.25) is 14.6 Å². The SMILES string of the molecule is O=C(NC12CC3CC(C1)CC(NC(=O)c1ccnc(C(F)(F)F)n1)(C3)C2)c1ccccn1. The highest BCUT2D eigenvalue weighted by atomic mass is 19.4. The first-order chi connectivity index (χ1) is 15.2. The Morgan fingerprint density at radius 1 is 0.875 bits per heavy atom. The predicted molar refractivity (Wildman–Crippen MR) is 106 cm³/mol. The highest BCUT2D eigenvalue weighted by molar-refractivity contribution is 5.93. The van der Waals surface area contributed by atoms with E-state index in [0.717, 1.165) is 38.3 Å². The predicted octanol–water partition coefficient (Wildman–Crippen LogP) is 3.14. The van der Waals surface area contributed by atoms with E-state index in [1.54, 1.807) is 24.4 Å². The highest BCUT2D eigenvalue weighted by Crippen LogP contribution is 2.57. The zero-order valence-electron chi connectivity index (χ0n) is 17.2. The molecule has 2 amide bonds. The molecule has 2 unspecified atom stereocenters. The fraction of sp³-hybridized carbons (Fsp3) is 0.500. The van der Waals surface area contributed by atoms with E-state index in [4.69, 9.17) is 0 Å². The number of halogens is 3. The van der Waals surface area contributed by atoms with E-state index in [-0.39, 0.29) is 11.6 Å². The Morgan fingerprint density at radius 3 is 2.06 bits per heavy atom. The lowest BCUT2D eigenvalue weighted by molar-refractivity contribution is -0.145. The second-order valence-corrected chi connectivity index (χ2v) is 9.41. The third-order valence-electron chi connectivity index (χ3n) is 6.86. The van der Waals surface area contributed by atoms with E-state index in [9.17, 15) is 22.8 Å². The summed E-state index contributed by atoms with van der Waals surface area (Å²) >= 11 is 0. The van der Waals surface area contributed by atoms with Crippen molar-refractivity contribution in [1.29, 1.82) is 0 Å². The summed E-state index contributed by atoms with van der Waals surface area (Å²) in [6, 6.07) is 6.33. The topological polar surface area (TPSA) is 96.9 Å². The maximum absolute atomic E-state index is 13.0. The summed E-state index contributed by atoms with van der Waals surface area (Å²) in [4.78, 5) is 36.5. The summed E-state index contributed by atoms with van der Waals surface area (Å²) in [5.41, 5.74) is -1.02. The largest absolute Gasteiger partial charge is 0.451 e. The number of carbonyl (C=O) groups excluding carboxylic acids is 2. The lowest BCUT2D eigenvalue weighted by Gasteiger charge is -2.62. The fourth-order valence-electron chi connectivity index (χ4n) is 6.28. The van der Waals surface area contributed by atoms with Crippen LogP contribution in [0.1, 0.15) is 65.3 Å². The molecule has 168 valence electrons. The van der Waals surface area contributed by atoms with Crippen LogP contribution in [0.15, 0.2) is 36.7 Å². The van der Waals surface area contributed by atoms with Gasteiger partial charge in [0.25, 0.3) is 11.8 Å². The molecule has 0 radical (unpaired) electrons. The van der Waals surface area contributed by atoms with Gasteiger partial charge in [0.2, 0.25) is 5.82 Å². The summed E-state index contributed by atoms with van der Waals surface area (Å²) in [6.45, 7) is 0. The average molecular weight is 445 g/mol. The van der Waals surface area contributed by atoms with Gasteiger partial charge in [0.15, 0.2) is 0 Å². The van der Waals surface area contributed by atoms with Crippen LogP contribution in [-0.4, -0.2) is 37.8 Å². The van der Waals surface area contributed by atoms with Gasteiger partial charge in [0, 0.05) is 23.5 Å². The summed E-state index contributed by atoms with van der Waals surface area (Å²) in [5.74, 6) is -1.58. The standard InChI is InChI=1S/C22H22F3N5O2/c23-22(24,25)19-27-6-4-16(28-19)18(32)30-21-10-13-7-14(11-21)9-20(8-13,12-21)29-17(31)15-3-1-2-5-26-15/h1-6,13-14H,7-12H2,(H,29,31)(H,30,32). The van der Waals surface area contributed by atoms with Crippen molar-refractivity contribution in [2.45, 2.75) is 55.8 Å². The third-order valence-corrected chi connectivity index (χ3v) is 6.86. The number of pyridine rings is 1. The van der Waals surface area contributed by atoms with E-state index < -0.39 is 29.0 Å². The van der Waals surface area contributed by atoms with Gasteiger partial charge in [0.1, 0.15) is 11.4 Å². The minimum atomic E-state index is -4.73. The number of hydrogen-bond donors (Lipinski definition) is 2. The Labute approximate surface area is 182 Å². The molecule has 4 aliphatic carbocycles. The number of rotatable bonds is 4. The Morgan fingerprint density at radius 2 is 1.50 bits per heavy atom. The first kappa shape index (κ1) is 20.8. The Balaban J connectivity index is 1.37. The molecule has 2 aromatic heterocycles. The molecular formula is C22H22F3N5O2. The monoisotopic (exact) mass is 445 g/mol. The maximum atomic E-state index is 13.0. The number of carbonyl (C=O) groups is 2. The quantitative estimate of drug-likeness (QED) is 0.754. The number of alkyl halides is 3. The first-order valence-electron chi connectivity index (χ1n) is 10.6. The van der Waals surface area contributed by atoms with Gasteiger partial charge < -0.3 is 10.6 Å². The molecule has 2 atom stereocenters. The second-order valence-electron chi connectivity index (χ2n) is 9.41. The van der Waals surface area contributed by atoms with Crippen molar-refractivity contribution in [3.63, 3.8) is 0 Å². The lowest BCUT2D eigenvalue weighted by Crippen LogP contribution is -2.70. The molecule has 4 aliphatic rings. The molecule has 4 bridgehead atoms. The minimum Gasteiger partial charge on any atom is -0.345 e. The van der Waals surface area contributed by atoms with E-state index in [2.05, 4.69) is 25.6 Å². The van der Waals surface area contributed by atoms with Crippen molar-refractivity contribution in [3.8, 4) is 0 Å². The molecule has 2 heterocycles. The number of aromatic nitrogens is 3. The van der Waals surface area contributed by atoms with E-state index in [1.807, 2.05) is 0 Å². The summed E-state index contributed by atoms with van der Waals surface area (Å²) in [5, 5.41) is 6.17. The van der Waals surface area contributed by atoms with E-state index in [1.165, 1.54) is 6.07 Å². The van der Waals surface area contributed by atoms with Crippen LogP contribution in [0.25, 0.3) is 0 Å². The van der Waals surface area contributed by atoms with E-state index in [0.29, 0.717) is 24.0 Å². The molecule has 6 rings (SSSR count). The summed E-state index contributed by atoms with van der Waals surface area (Å²) in [7, 11) is 0. The highest BCUT2D eigenvalue weighted by Gasteiger charge is 2.59. The lowest BCUT2D eigenvalue weighted by atomic mass is 9.49. The van der Waals surface area contributed by atoms with E-state index >= 15 is 0 Å². The number of nitrogens with one attached hydrogen (secondary N) is 2. The van der Waals surface area contributed by atoms with Gasteiger partial charge in [-0.1, -0.05) is 6.07 Å². The first-order valence-corrected chi connectivity index (χ1v) is 10.6. The van der Waals surface area contributed by atoms with Crippen molar-refractivity contribution in [2.24, 2.45) is 11.8 Å². The van der Waals surface area contributed by atoms with Crippen LogP contribution in [-0.2, 0) is 6.18 Å². The molecule has 0 aliphatic heterocycles. The normalized spacial score (nSPS) is 30.7. The van der Waals surface area contributed by atoms with Crippen LogP contribution >= 0.6 is 0 Å². The zero-order chi connectivity index (χ0) is 22.6. The Hall–Kier alpha value is -3.04. The number of nitrogens with zero attached hydrogens (tertiary/aromatic N) is 3.